The number of carboxylic acids is 1. The molecule has 0 aliphatic carbocycles. The Kier molecular flexibility index (Phi) is 8.63. The average Bonchev–Trinajstić information content (AvgIpc) is 2.73. The molecule has 0 spiro atoms. The SMILES string of the molecule is COc1ccc(C(=O)N/C(=C\c2ccc(Cl)cc2)C(=O)N[C@H](CC(C)C)C(=O)[O-])cc1. The zero-order valence-corrected chi connectivity index (χ0v) is 18.2. The highest BCUT2D eigenvalue weighted by Gasteiger charge is 2.20. The Morgan fingerprint density at radius 3 is 2.19 bits per heavy atom. The molecule has 2 rings (SSSR count). The van der Waals surface area contributed by atoms with Crippen LogP contribution in [0, 0.1) is 5.92 Å². The van der Waals surface area contributed by atoms with Crippen LogP contribution in [0.15, 0.2) is 54.2 Å². The molecule has 0 radical (unpaired) electrons. The van der Waals surface area contributed by atoms with Crippen LogP contribution >= 0.6 is 11.6 Å². The molecule has 2 aromatic carbocycles. The highest BCUT2D eigenvalue weighted by molar-refractivity contribution is 6.30. The van der Waals surface area contributed by atoms with Crippen molar-refractivity contribution in [1.29, 1.82) is 0 Å². The quantitative estimate of drug-likeness (QED) is 0.578. The second-order valence-corrected chi connectivity index (χ2v) is 7.70. The number of rotatable bonds is 9. The lowest BCUT2D eigenvalue weighted by molar-refractivity contribution is -0.308. The van der Waals surface area contributed by atoms with Crippen molar-refractivity contribution < 1.29 is 24.2 Å². The average molecular weight is 444 g/mol. The molecule has 0 saturated carbocycles. The molecule has 2 amide bonds. The van der Waals surface area contributed by atoms with E-state index in [1.807, 2.05) is 13.8 Å². The van der Waals surface area contributed by atoms with E-state index in [9.17, 15) is 19.5 Å². The first-order chi connectivity index (χ1) is 14.7. The van der Waals surface area contributed by atoms with Crippen LogP contribution < -0.4 is 20.5 Å². The lowest BCUT2D eigenvalue weighted by atomic mass is 10.0. The summed E-state index contributed by atoms with van der Waals surface area (Å²) in [5.41, 5.74) is 0.783. The first-order valence-electron chi connectivity index (χ1n) is 9.64. The summed E-state index contributed by atoms with van der Waals surface area (Å²) in [5, 5.41) is 16.9. The number of amides is 2. The standard InChI is InChI=1S/C23H25ClN2O5/c1-14(2)12-20(23(29)30)26-22(28)19(13-15-4-8-17(24)9-5-15)25-21(27)16-6-10-18(31-3)11-7-16/h4-11,13-14,20H,12H2,1-3H3,(H,25,27)(H,26,28)(H,29,30)/p-1/b19-13-/t20-/m1/s1. The van der Waals surface area contributed by atoms with Gasteiger partial charge in [-0.3, -0.25) is 9.59 Å². The van der Waals surface area contributed by atoms with Gasteiger partial charge in [0.2, 0.25) is 0 Å². The van der Waals surface area contributed by atoms with E-state index in [0.717, 1.165) is 0 Å². The summed E-state index contributed by atoms with van der Waals surface area (Å²) in [6, 6.07) is 11.7. The van der Waals surface area contributed by atoms with E-state index in [0.29, 0.717) is 21.9 Å². The lowest BCUT2D eigenvalue weighted by Crippen LogP contribution is -2.50. The molecule has 1 atom stereocenters. The lowest BCUT2D eigenvalue weighted by Gasteiger charge is -2.22. The van der Waals surface area contributed by atoms with E-state index in [2.05, 4.69) is 10.6 Å². The maximum absolute atomic E-state index is 12.8. The largest absolute Gasteiger partial charge is 0.548 e. The highest BCUT2D eigenvalue weighted by Crippen LogP contribution is 2.15. The zero-order chi connectivity index (χ0) is 23.0. The second-order valence-electron chi connectivity index (χ2n) is 7.27. The Labute approximate surface area is 186 Å². The number of benzene rings is 2. The Morgan fingerprint density at radius 1 is 1.06 bits per heavy atom. The van der Waals surface area contributed by atoms with Crippen molar-refractivity contribution in [2.75, 3.05) is 7.11 Å². The Bertz CT molecular complexity index is 953. The molecule has 2 N–H and O–H groups in total. The van der Waals surface area contributed by atoms with E-state index in [-0.39, 0.29) is 18.0 Å². The topological polar surface area (TPSA) is 108 Å². The predicted octanol–water partition coefficient (Wildman–Crippen LogP) is 2.40. The molecule has 7 nitrogen and oxygen atoms in total. The van der Waals surface area contributed by atoms with E-state index >= 15 is 0 Å². The third-order valence-corrected chi connectivity index (χ3v) is 4.57. The van der Waals surface area contributed by atoms with E-state index in [1.165, 1.54) is 13.2 Å². The number of carbonyl (C=O) groups is 3. The molecule has 2 aromatic rings. The van der Waals surface area contributed by atoms with Gasteiger partial charge in [0, 0.05) is 10.6 Å². The third kappa shape index (κ3) is 7.46. The molecule has 0 bridgehead atoms. The minimum atomic E-state index is -1.39. The van der Waals surface area contributed by atoms with Crippen LogP contribution in [0.25, 0.3) is 6.08 Å². The molecule has 0 heterocycles. The number of carbonyl (C=O) groups excluding carboxylic acids is 3. The van der Waals surface area contributed by atoms with Crippen LogP contribution in [-0.4, -0.2) is 30.9 Å². The van der Waals surface area contributed by atoms with Crippen molar-refractivity contribution in [3.63, 3.8) is 0 Å². The smallest absolute Gasteiger partial charge is 0.268 e. The molecule has 0 unspecified atom stereocenters. The summed E-state index contributed by atoms with van der Waals surface area (Å²) in [5.74, 6) is -2.08. The van der Waals surface area contributed by atoms with Crippen molar-refractivity contribution in [2.24, 2.45) is 5.92 Å². The molecule has 0 fully saturated rings. The maximum Gasteiger partial charge on any atom is 0.268 e. The fourth-order valence-electron chi connectivity index (χ4n) is 2.74. The van der Waals surface area contributed by atoms with Gasteiger partial charge in [-0.15, -0.1) is 0 Å². The summed E-state index contributed by atoms with van der Waals surface area (Å²) in [6.07, 6.45) is 1.63. The van der Waals surface area contributed by atoms with Gasteiger partial charge >= 0.3 is 0 Å². The van der Waals surface area contributed by atoms with E-state index in [4.69, 9.17) is 16.3 Å². The van der Waals surface area contributed by atoms with Gasteiger partial charge in [0.15, 0.2) is 0 Å². The van der Waals surface area contributed by atoms with Crippen molar-refractivity contribution in [3.8, 4) is 5.75 Å². The number of nitrogens with one attached hydrogen (secondary N) is 2. The predicted molar refractivity (Wildman–Crippen MR) is 116 cm³/mol. The summed E-state index contributed by atoms with van der Waals surface area (Å²) in [4.78, 5) is 37.0. The van der Waals surface area contributed by atoms with Crippen LogP contribution in [0.1, 0.15) is 36.2 Å². The van der Waals surface area contributed by atoms with Gasteiger partial charge in [0.05, 0.1) is 19.1 Å². The molecular formula is C23H24ClN2O5-. The summed E-state index contributed by atoms with van der Waals surface area (Å²) in [6.45, 7) is 3.66. The molecule has 0 aliphatic rings. The monoisotopic (exact) mass is 443 g/mol. The van der Waals surface area contributed by atoms with Crippen LogP contribution in [0.5, 0.6) is 5.75 Å². The summed E-state index contributed by atoms with van der Waals surface area (Å²) < 4.78 is 5.08. The zero-order valence-electron chi connectivity index (χ0n) is 17.5. The molecule has 0 aromatic heterocycles. The number of hydrogen-bond acceptors (Lipinski definition) is 5. The van der Waals surface area contributed by atoms with Crippen molar-refractivity contribution in [3.05, 3.63) is 70.4 Å². The van der Waals surface area contributed by atoms with E-state index in [1.54, 1.807) is 48.5 Å². The normalized spacial score (nSPS) is 12.2. The first-order valence-corrected chi connectivity index (χ1v) is 10.0. The number of hydrogen-bond donors (Lipinski definition) is 2. The number of halogens is 1. The first kappa shape index (κ1) is 24.0. The molecule has 31 heavy (non-hydrogen) atoms. The van der Waals surface area contributed by atoms with Crippen LogP contribution in [0.3, 0.4) is 0 Å². The fourth-order valence-corrected chi connectivity index (χ4v) is 2.87. The van der Waals surface area contributed by atoms with Gasteiger partial charge in [0.1, 0.15) is 11.4 Å². The van der Waals surface area contributed by atoms with Crippen LogP contribution in [0.4, 0.5) is 0 Å². The van der Waals surface area contributed by atoms with Crippen molar-refractivity contribution >= 4 is 35.5 Å². The van der Waals surface area contributed by atoms with Gasteiger partial charge in [-0.1, -0.05) is 37.6 Å². The van der Waals surface area contributed by atoms with Gasteiger partial charge in [-0.25, -0.2) is 0 Å². The Balaban J connectivity index is 2.30. The Morgan fingerprint density at radius 2 is 1.68 bits per heavy atom. The third-order valence-electron chi connectivity index (χ3n) is 4.32. The Hall–Kier alpha value is -3.32. The molecule has 164 valence electrons. The van der Waals surface area contributed by atoms with Crippen molar-refractivity contribution in [2.45, 2.75) is 26.3 Å². The number of aliphatic carboxylic acids is 1. The van der Waals surface area contributed by atoms with Crippen LogP contribution in [-0.2, 0) is 9.59 Å². The van der Waals surface area contributed by atoms with Gasteiger partial charge in [-0.2, -0.15) is 0 Å². The maximum atomic E-state index is 12.8. The summed E-state index contributed by atoms with van der Waals surface area (Å²) >= 11 is 5.90. The fraction of sp³-hybridized carbons (Fsp3) is 0.261. The molecule has 0 aliphatic heterocycles. The minimum absolute atomic E-state index is 0.0146. The second kappa shape index (κ2) is 11.2. The van der Waals surface area contributed by atoms with Gasteiger partial charge in [-0.05, 0) is 60.4 Å². The van der Waals surface area contributed by atoms with E-state index < -0.39 is 23.8 Å². The van der Waals surface area contributed by atoms with Crippen molar-refractivity contribution in [1.82, 2.24) is 10.6 Å². The van der Waals surface area contributed by atoms with Gasteiger partial charge in [0.25, 0.3) is 11.8 Å². The van der Waals surface area contributed by atoms with Crippen LogP contribution in [0.2, 0.25) is 5.02 Å². The minimum Gasteiger partial charge on any atom is -0.548 e. The summed E-state index contributed by atoms with van der Waals surface area (Å²) in [7, 11) is 1.51. The number of carboxylic acid groups (broad SMARTS) is 1. The molecule has 0 saturated heterocycles. The number of methoxy groups -OCH3 is 1. The molecular weight excluding hydrogens is 420 g/mol. The number of ether oxygens (including phenoxy) is 1. The molecule has 8 heteroatoms. The highest BCUT2D eigenvalue weighted by atomic mass is 35.5. The van der Waals surface area contributed by atoms with Gasteiger partial charge < -0.3 is 25.3 Å².